The number of rotatable bonds is 6. The third kappa shape index (κ3) is 4.55. The first-order valence-electron chi connectivity index (χ1n) is 7.24. The van der Waals surface area contributed by atoms with Crippen LogP contribution in [0.5, 0.6) is 0 Å². The second kappa shape index (κ2) is 8.12. The molecule has 0 radical (unpaired) electrons. The minimum absolute atomic E-state index is 0.257. The molecule has 0 N–H and O–H groups in total. The van der Waals surface area contributed by atoms with Crippen LogP contribution in [0.25, 0.3) is 0 Å². The van der Waals surface area contributed by atoms with E-state index in [0.717, 1.165) is 5.56 Å². The van der Waals surface area contributed by atoms with Crippen molar-refractivity contribution in [2.75, 3.05) is 13.2 Å². The summed E-state index contributed by atoms with van der Waals surface area (Å²) in [4.78, 5) is 17.6. The van der Waals surface area contributed by atoms with Gasteiger partial charge in [-0.05, 0) is 36.6 Å². The van der Waals surface area contributed by atoms with Crippen molar-refractivity contribution in [2.24, 2.45) is 0 Å². The Balaban J connectivity index is 2.04. The van der Waals surface area contributed by atoms with Crippen molar-refractivity contribution in [3.05, 3.63) is 65.7 Å². The first-order valence-corrected chi connectivity index (χ1v) is 7.24. The van der Waals surface area contributed by atoms with Gasteiger partial charge in [-0.1, -0.05) is 24.3 Å². The minimum Gasteiger partial charge on any atom is -0.450 e. The van der Waals surface area contributed by atoms with E-state index in [-0.39, 0.29) is 5.82 Å². The van der Waals surface area contributed by atoms with E-state index in [1.54, 1.807) is 42.4 Å². The van der Waals surface area contributed by atoms with Crippen LogP contribution in [-0.2, 0) is 17.7 Å². The molecule has 0 saturated heterocycles. The van der Waals surface area contributed by atoms with Crippen LogP contribution in [0.4, 0.5) is 9.18 Å². The van der Waals surface area contributed by atoms with Gasteiger partial charge in [0.05, 0.1) is 13.2 Å². The standard InChI is InChI=1S/C17H19FN2O2/c1-2-22-17(21)20(13-14-6-5-10-19-12-14)11-9-15-7-3-4-8-16(15)18/h3-8,10,12H,2,9,11,13H2,1H3. The quantitative estimate of drug-likeness (QED) is 0.821. The highest BCUT2D eigenvalue weighted by atomic mass is 19.1. The summed E-state index contributed by atoms with van der Waals surface area (Å²) in [6.07, 6.45) is 3.42. The number of amides is 1. The maximum Gasteiger partial charge on any atom is 0.410 e. The molecule has 0 spiro atoms. The van der Waals surface area contributed by atoms with Crippen LogP contribution < -0.4 is 0 Å². The van der Waals surface area contributed by atoms with Crippen LogP contribution in [0.2, 0.25) is 0 Å². The van der Waals surface area contributed by atoms with E-state index in [1.807, 2.05) is 12.1 Å². The Morgan fingerprint density at radius 1 is 1.27 bits per heavy atom. The van der Waals surface area contributed by atoms with Crippen LogP contribution in [0.3, 0.4) is 0 Å². The number of carbonyl (C=O) groups excluding carboxylic acids is 1. The zero-order valence-corrected chi connectivity index (χ0v) is 12.5. The molecule has 0 aliphatic carbocycles. The molecule has 5 heteroatoms. The first kappa shape index (κ1) is 15.9. The predicted octanol–water partition coefficient (Wildman–Crippen LogP) is 3.42. The molecule has 0 unspecified atom stereocenters. The number of halogens is 1. The Morgan fingerprint density at radius 3 is 2.77 bits per heavy atom. The SMILES string of the molecule is CCOC(=O)N(CCc1ccccc1F)Cc1cccnc1. The van der Waals surface area contributed by atoms with Crippen molar-refractivity contribution in [3.8, 4) is 0 Å². The van der Waals surface area contributed by atoms with Gasteiger partial charge >= 0.3 is 6.09 Å². The Hall–Kier alpha value is -2.43. The van der Waals surface area contributed by atoms with E-state index in [1.165, 1.54) is 6.07 Å². The number of carbonyl (C=O) groups is 1. The minimum atomic E-state index is -0.400. The smallest absolute Gasteiger partial charge is 0.410 e. The normalized spacial score (nSPS) is 10.3. The lowest BCUT2D eigenvalue weighted by atomic mass is 10.1. The average Bonchev–Trinajstić information content (AvgIpc) is 2.54. The molecular weight excluding hydrogens is 283 g/mol. The highest BCUT2D eigenvalue weighted by Gasteiger charge is 2.15. The average molecular weight is 302 g/mol. The van der Waals surface area contributed by atoms with Crippen LogP contribution >= 0.6 is 0 Å². The number of nitrogens with zero attached hydrogens (tertiary/aromatic N) is 2. The van der Waals surface area contributed by atoms with Gasteiger partial charge in [0, 0.05) is 18.9 Å². The molecule has 1 aromatic carbocycles. The van der Waals surface area contributed by atoms with Gasteiger partial charge in [-0.3, -0.25) is 4.98 Å². The van der Waals surface area contributed by atoms with Crippen LogP contribution in [0.15, 0.2) is 48.8 Å². The molecule has 0 bridgehead atoms. The molecular formula is C17H19FN2O2. The zero-order chi connectivity index (χ0) is 15.8. The Morgan fingerprint density at radius 2 is 2.09 bits per heavy atom. The Bertz CT molecular complexity index is 605. The summed E-state index contributed by atoms with van der Waals surface area (Å²) in [5, 5.41) is 0. The van der Waals surface area contributed by atoms with E-state index in [0.29, 0.717) is 31.7 Å². The van der Waals surface area contributed by atoms with Crippen molar-refractivity contribution in [1.82, 2.24) is 9.88 Å². The Kier molecular flexibility index (Phi) is 5.89. The third-order valence-electron chi connectivity index (χ3n) is 3.23. The molecule has 0 saturated carbocycles. The second-order valence-corrected chi connectivity index (χ2v) is 4.82. The van der Waals surface area contributed by atoms with E-state index in [4.69, 9.17) is 4.74 Å². The zero-order valence-electron chi connectivity index (χ0n) is 12.5. The van der Waals surface area contributed by atoms with Crippen LogP contribution in [-0.4, -0.2) is 29.1 Å². The van der Waals surface area contributed by atoms with Crippen LogP contribution in [0, 0.1) is 5.82 Å². The fourth-order valence-electron chi connectivity index (χ4n) is 2.12. The summed E-state index contributed by atoms with van der Waals surface area (Å²) in [7, 11) is 0. The van der Waals surface area contributed by atoms with Crippen molar-refractivity contribution < 1.29 is 13.9 Å². The molecule has 22 heavy (non-hydrogen) atoms. The highest BCUT2D eigenvalue weighted by molar-refractivity contribution is 5.67. The van der Waals surface area contributed by atoms with Gasteiger partial charge in [0.2, 0.25) is 0 Å². The number of hydrogen-bond donors (Lipinski definition) is 0. The lowest BCUT2D eigenvalue weighted by molar-refractivity contribution is 0.105. The van der Waals surface area contributed by atoms with Gasteiger partial charge < -0.3 is 9.64 Å². The second-order valence-electron chi connectivity index (χ2n) is 4.82. The van der Waals surface area contributed by atoms with E-state index >= 15 is 0 Å². The fourth-order valence-corrected chi connectivity index (χ4v) is 2.12. The number of ether oxygens (including phenoxy) is 1. The molecule has 0 aliphatic heterocycles. The molecule has 2 rings (SSSR count). The van der Waals surface area contributed by atoms with Crippen molar-refractivity contribution in [1.29, 1.82) is 0 Å². The third-order valence-corrected chi connectivity index (χ3v) is 3.23. The van der Waals surface area contributed by atoms with E-state index in [9.17, 15) is 9.18 Å². The summed E-state index contributed by atoms with van der Waals surface area (Å²) >= 11 is 0. The fraction of sp³-hybridized carbons (Fsp3) is 0.294. The predicted molar refractivity (Wildman–Crippen MR) is 81.8 cm³/mol. The number of pyridine rings is 1. The topological polar surface area (TPSA) is 42.4 Å². The first-order chi connectivity index (χ1) is 10.7. The van der Waals surface area contributed by atoms with Gasteiger partial charge in [-0.15, -0.1) is 0 Å². The van der Waals surface area contributed by atoms with Gasteiger partial charge in [-0.25, -0.2) is 9.18 Å². The summed E-state index contributed by atoms with van der Waals surface area (Å²) in [6, 6.07) is 10.3. The number of aromatic nitrogens is 1. The number of hydrogen-bond acceptors (Lipinski definition) is 3. The van der Waals surface area contributed by atoms with E-state index < -0.39 is 6.09 Å². The monoisotopic (exact) mass is 302 g/mol. The molecule has 0 aliphatic rings. The van der Waals surface area contributed by atoms with Crippen molar-refractivity contribution in [3.63, 3.8) is 0 Å². The molecule has 116 valence electrons. The molecule has 0 fully saturated rings. The summed E-state index contributed by atoms with van der Waals surface area (Å²) in [5.74, 6) is -0.257. The summed E-state index contributed by atoms with van der Waals surface area (Å²) in [5.41, 5.74) is 1.49. The van der Waals surface area contributed by atoms with E-state index in [2.05, 4.69) is 4.98 Å². The maximum absolute atomic E-state index is 13.7. The molecule has 4 nitrogen and oxygen atoms in total. The van der Waals surface area contributed by atoms with Gasteiger partial charge in [0.15, 0.2) is 0 Å². The van der Waals surface area contributed by atoms with Crippen LogP contribution in [0.1, 0.15) is 18.1 Å². The maximum atomic E-state index is 13.7. The Labute approximate surface area is 129 Å². The van der Waals surface area contributed by atoms with Gasteiger partial charge in [0.1, 0.15) is 5.82 Å². The molecule has 1 aromatic heterocycles. The highest BCUT2D eigenvalue weighted by Crippen LogP contribution is 2.11. The number of benzene rings is 1. The molecule has 1 heterocycles. The van der Waals surface area contributed by atoms with Gasteiger partial charge in [0.25, 0.3) is 0 Å². The largest absolute Gasteiger partial charge is 0.450 e. The van der Waals surface area contributed by atoms with Crippen molar-refractivity contribution in [2.45, 2.75) is 19.9 Å². The lowest BCUT2D eigenvalue weighted by Gasteiger charge is -2.22. The lowest BCUT2D eigenvalue weighted by Crippen LogP contribution is -2.33. The molecule has 0 atom stereocenters. The van der Waals surface area contributed by atoms with Gasteiger partial charge in [-0.2, -0.15) is 0 Å². The molecule has 1 amide bonds. The summed E-state index contributed by atoms with van der Waals surface area (Å²) in [6.45, 7) is 2.84. The molecule has 2 aromatic rings. The summed E-state index contributed by atoms with van der Waals surface area (Å²) < 4.78 is 18.7. The van der Waals surface area contributed by atoms with Crippen molar-refractivity contribution >= 4 is 6.09 Å².